The summed E-state index contributed by atoms with van der Waals surface area (Å²) in [6, 6.07) is 10.4. The number of nitrogens with two attached hydrogens (primary N) is 1. The van der Waals surface area contributed by atoms with E-state index in [1.165, 1.54) is 11.0 Å². The smallest absolute Gasteiger partial charge is 0.369 e. The molecule has 0 bridgehead atoms. The Balaban J connectivity index is 2.02. The molecule has 1 aliphatic heterocycles. The maximum atomic E-state index is 13.2. The molecular weight excluding hydrogens is 321 g/mol. The number of para-hydroxylation sites is 1. The molecule has 0 saturated carbocycles. The van der Waals surface area contributed by atoms with Gasteiger partial charge in [0.05, 0.1) is 29.0 Å². The topological polar surface area (TPSA) is 83.0 Å². The van der Waals surface area contributed by atoms with Gasteiger partial charge >= 0.3 is 6.18 Å². The Morgan fingerprint density at radius 3 is 2.62 bits per heavy atom. The van der Waals surface area contributed by atoms with Crippen LogP contribution in [0.1, 0.15) is 5.56 Å². The predicted octanol–water partition coefficient (Wildman–Crippen LogP) is 2.21. The Bertz CT molecular complexity index is 843. The number of pyridine rings is 1. The van der Waals surface area contributed by atoms with Crippen molar-refractivity contribution in [2.24, 2.45) is 17.6 Å². The molecule has 2 atom stereocenters. The number of nitrogens with zero attached hydrogens (tertiary/aromatic N) is 3. The van der Waals surface area contributed by atoms with Gasteiger partial charge in [-0.25, -0.2) is 4.98 Å². The molecule has 2 N–H and O–H groups in total. The average Bonchev–Trinajstić information content (AvgIpc) is 2.99. The van der Waals surface area contributed by atoms with Crippen LogP contribution in [0.4, 0.5) is 19.0 Å². The van der Waals surface area contributed by atoms with Crippen molar-refractivity contribution in [2.45, 2.75) is 6.18 Å². The highest BCUT2D eigenvalue weighted by Gasteiger charge is 2.52. The highest BCUT2D eigenvalue weighted by molar-refractivity contribution is 5.86. The fourth-order valence-corrected chi connectivity index (χ4v) is 3.03. The van der Waals surface area contributed by atoms with Gasteiger partial charge in [0.25, 0.3) is 0 Å². The van der Waals surface area contributed by atoms with Gasteiger partial charge in [-0.05, 0) is 12.1 Å². The summed E-state index contributed by atoms with van der Waals surface area (Å²) in [5, 5.41) is 9.90. The second-order valence-corrected chi connectivity index (χ2v) is 5.72. The van der Waals surface area contributed by atoms with Crippen LogP contribution >= 0.6 is 0 Å². The molecule has 0 unspecified atom stereocenters. The molecule has 2 aromatic rings. The maximum Gasteiger partial charge on any atom is 0.394 e. The van der Waals surface area contributed by atoms with Gasteiger partial charge in [0.15, 0.2) is 0 Å². The van der Waals surface area contributed by atoms with Crippen molar-refractivity contribution in [3.63, 3.8) is 0 Å². The van der Waals surface area contributed by atoms with Gasteiger partial charge < -0.3 is 10.6 Å². The third kappa shape index (κ3) is 2.73. The SMILES string of the molecule is N#Cc1cc(N2C[C@@H](C(F)(F)F)[C@H](C(N)=O)C2)nc2ccccc12. The molecule has 1 amide bonds. The van der Waals surface area contributed by atoms with Gasteiger partial charge in [0.2, 0.25) is 5.91 Å². The molecule has 8 heteroatoms. The van der Waals surface area contributed by atoms with E-state index in [1.807, 2.05) is 6.07 Å². The first-order valence-corrected chi connectivity index (χ1v) is 7.22. The minimum absolute atomic E-state index is 0.171. The standard InChI is InChI=1S/C16H13F3N4O/c17-16(18,19)12-8-23(7-11(12)15(21)24)14-5-9(6-20)10-3-1-2-4-13(10)22-14/h1-5,11-12H,7-8H2,(H2,21,24)/t11-,12-/m1/s1. The zero-order valence-electron chi connectivity index (χ0n) is 12.4. The molecule has 1 aromatic carbocycles. The van der Waals surface area contributed by atoms with Crippen LogP contribution in [-0.2, 0) is 4.79 Å². The van der Waals surface area contributed by atoms with Gasteiger partial charge in [-0.15, -0.1) is 0 Å². The highest BCUT2D eigenvalue weighted by Crippen LogP contribution is 2.39. The van der Waals surface area contributed by atoms with Gasteiger partial charge in [0, 0.05) is 18.5 Å². The number of hydrogen-bond donors (Lipinski definition) is 1. The van der Waals surface area contributed by atoms with Crippen LogP contribution in [0.5, 0.6) is 0 Å². The summed E-state index contributed by atoms with van der Waals surface area (Å²) < 4.78 is 39.5. The number of nitriles is 1. The lowest BCUT2D eigenvalue weighted by Gasteiger charge is -2.19. The lowest BCUT2D eigenvalue weighted by Crippen LogP contribution is -2.37. The van der Waals surface area contributed by atoms with E-state index in [1.54, 1.807) is 24.3 Å². The number of primary amides is 1. The normalized spacial score (nSPS) is 21.0. The first-order chi connectivity index (χ1) is 11.3. The minimum atomic E-state index is -4.52. The van der Waals surface area contributed by atoms with Crippen molar-refractivity contribution < 1.29 is 18.0 Å². The summed E-state index contributed by atoms with van der Waals surface area (Å²) in [5.41, 5.74) is 5.97. The van der Waals surface area contributed by atoms with Crippen LogP contribution in [0.15, 0.2) is 30.3 Å². The second kappa shape index (κ2) is 5.67. The zero-order chi connectivity index (χ0) is 17.5. The molecule has 124 valence electrons. The number of carbonyl (C=O) groups excluding carboxylic acids is 1. The number of aromatic nitrogens is 1. The maximum absolute atomic E-state index is 13.2. The summed E-state index contributed by atoms with van der Waals surface area (Å²) in [5.74, 6) is -3.91. The third-order valence-corrected chi connectivity index (χ3v) is 4.25. The summed E-state index contributed by atoms with van der Waals surface area (Å²) in [6.45, 7) is -0.580. The molecule has 3 rings (SSSR count). The molecule has 0 spiro atoms. The molecule has 1 aromatic heterocycles. The lowest BCUT2D eigenvalue weighted by atomic mass is 9.95. The van der Waals surface area contributed by atoms with Crippen LogP contribution in [0, 0.1) is 23.2 Å². The van der Waals surface area contributed by atoms with Crippen LogP contribution in [0.2, 0.25) is 0 Å². The number of amides is 1. The van der Waals surface area contributed by atoms with Crippen LogP contribution in [-0.4, -0.2) is 30.2 Å². The van der Waals surface area contributed by atoms with E-state index < -0.39 is 30.5 Å². The van der Waals surface area contributed by atoms with E-state index in [4.69, 9.17) is 5.73 Å². The Hall–Kier alpha value is -2.82. The number of hydrogen-bond acceptors (Lipinski definition) is 4. The van der Waals surface area contributed by atoms with Crippen molar-refractivity contribution in [1.29, 1.82) is 5.26 Å². The zero-order valence-corrected chi connectivity index (χ0v) is 12.4. The number of alkyl halides is 3. The van der Waals surface area contributed by atoms with Crippen molar-refractivity contribution in [1.82, 2.24) is 4.98 Å². The summed E-state index contributed by atoms with van der Waals surface area (Å²) in [4.78, 5) is 17.1. The second-order valence-electron chi connectivity index (χ2n) is 5.72. The molecule has 0 aliphatic carbocycles. The number of fused-ring (bicyclic) bond motifs is 1. The number of benzene rings is 1. The molecule has 1 fully saturated rings. The minimum Gasteiger partial charge on any atom is -0.369 e. The third-order valence-electron chi connectivity index (χ3n) is 4.25. The quantitative estimate of drug-likeness (QED) is 0.913. The van der Waals surface area contributed by atoms with Crippen LogP contribution in [0.3, 0.4) is 0 Å². The van der Waals surface area contributed by atoms with Crippen molar-refractivity contribution in [3.05, 3.63) is 35.9 Å². The first-order valence-electron chi connectivity index (χ1n) is 7.22. The Morgan fingerprint density at radius 1 is 1.33 bits per heavy atom. The van der Waals surface area contributed by atoms with Crippen LogP contribution in [0.25, 0.3) is 10.9 Å². The number of carbonyl (C=O) groups is 1. The van der Waals surface area contributed by atoms with E-state index in [9.17, 15) is 23.2 Å². The fraction of sp³-hybridized carbons (Fsp3) is 0.312. The number of rotatable bonds is 2. The average molecular weight is 334 g/mol. The van der Waals surface area contributed by atoms with Gasteiger partial charge in [0.1, 0.15) is 5.82 Å². The molecule has 0 radical (unpaired) electrons. The predicted molar refractivity (Wildman–Crippen MR) is 80.9 cm³/mol. The molecular formula is C16H13F3N4O. The highest BCUT2D eigenvalue weighted by atomic mass is 19.4. The molecule has 5 nitrogen and oxygen atoms in total. The van der Waals surface area contributed by atoms with E-state index in [0.29, 0.717) is 16.5 Å². The summed E-state index contributed by atoms with van der Waals surface area (Å²) in [6.07, 6.45) is -4.52. The molecule has 2 heterocycles. The van der Waals surface area contributed by atoms with E-state index in [2.05, 4.69) is 4.98 Å². The number of halogens is 3. The van der Waals surface area contributed by atoms with E-state index >= 15 is 0 Å². The summed E-state index contributed by atoms with van der Waals surface area (Å²) in [7, 11) is 0. The van der Waals surface area contributed by atoms with Crippen LogP contribution < -0.4 is 10.6 Å². The fourth-order valence-electron chi connectivity index (χ4n) is 3.03. The van der Waals surface area contributed by atoms with Gasteiger partial charge in [-0.2, -0.15) is 18.4 Å². The van der Waals surface area contributed by atoms with E-state index in [0.717, 1.165) is 0 Å². The Morgan fingerprint density at radius 2 is 2.04 bits per heavy atom. The number of anilines is 1. The molecule has 1 aliphatic rings. The van der Waals surface area contributed by atoms with Gasteiger partial charge in [-0.1, -0.05) is 18.2 Å². The Kier molecular flexibility index (Phi) is 3.79. The monoisotopic (exact) mass is 334 g/mol. The largest absolute Gasteiger partial charge is 0.394 e. The first kappa shape index (κ1) is 16.1. The molecule has 1 saturated heterocycles. The summed E-state index contributed by atoms with van der Waals surface area (Å²) >= 11 is 0. The van der Waals surface area contributed by atoms with Crippen molar-refractivity contribution in [2.75, 3.05) is 18.0 Å². The van der Waals surface area contributed by atoms with Gasteiger partial charge in [-0.3, -0.25) is 4.79 Å². The van der Waals surface area contributed by atoms with Crippen molar-refractivity contribution in [3.8, 4) is 6.07 Å². The Labute approximate surface area is 135 Å². The molecule has 24 heavy (non-hydrogen) atoms. The van der Waals surface area contributed by atoms with E-state index in [-0.39, 0.29) is 12.4 Å². The lowest BCUT2D eigenvalue weighted by molar-refractivity contribution is -0.181. The van der Waals surface area contributed by atoms with Crippen molar-refractivity contribution >= 4 is 22.6 Å².